The Morgan fingerprint density at radius 1 is 0.879 bits per heavy atom. The molecule has 0 aliphatic heterocycles. The van der Waals surface area contributed by atoms with Crippen molar-refractivity contribution in [2.75, 3.05) is 18.1 Å². The third kappa shape index (κ3) is 6.10. The van der Waals surface area contributed by atoms with E-state index in [0.29, 0.717) is 11.5 Å². The highest BCUT2D eigenvalue weighted by Gasteiger charge is 2.23. The number of rotatable bonds is 8. The van der Waals surface area contributed by atoms with Crippen LogP contribution in [0, 0.1) is 0 Å². The lowest BCUT2D eigenvalue weighted by Gasteiger charge is -2.08. The molecule has 0 fully saturated rings. The Bertz CT molecular complexity index is 1570. The SMILES string of the molecule is Nc1ccc2ccccc2c1/N=N/c1ccc(S(=O)(=O)CCOS(=O)(=O)O)cc1S(=O)(=O)O. The van der Waals surface area contributed by atoms with Crippen molar-refractivity contribution in [3.8, 4) is 0 Å². The zero-order valence-electron chi connectivity index (χ0n) is 16.6. The summed E-state index contributed by atoms with van der Waals surface area (Å²) in [4.78, 5) is -1.40. The molecule has 4 N–H and O–H groups in total. The zero-order chi connectivity index (χ0) is 24.4. The predicted octanol–water partition coefficient (Wildman–Crippen LogP) is 2.68. The average Bonchev–Trinajstić information content (AvgIpc) is 2.71. The van der Waals surface area contributed by atoms with Gasteiger partial charge in [-0.2, -0.15) is 16.8 Å². The van der Waals surface area contributed by atoms with Crippen molar-refractivity contribution in [1.29, 1.82) is 0 Å². The molecule has 3 aromatic rings. The molecule has 0 unspecified atom stereocenters. The van der Waals surface area contributed by atoms with Crippen LogP contribution >= 0.6 is 0 Å². The number of nitrogens with zero attached hydrogens (tertiary/aromatic N) is 2. The topological polar surface area (TPSA) is 203 Å². The summed E-state index contributed by atoms with van der Waals surface area (Å²) in [5.41, 5.74) is 6.09. The van der Waals surface area contributed by atoms with Crippen LogP contribution in [0.1, 0.15) is 0 Å². The van der Waals surface area contributed by atoms with Crippen LogP contribution in [-0.2, 0) is 34.5 Å². The Balaban J connectivity index is 2.02. The molecule has 15 heteroatoms. The quantitative estimate of drug-likeness (QED) is 0.227. The molecule has 0 radical (unpaired) electrons. The number of hydrogen-bond acceptors (Lipinski definition) is 10. The highest BCUT2D eigenvalue weighted by Crippen LogP contribution is 2.35. The first kappa shape index (κ1) is 24.7. The second-order valence-electron chi connectivity index (χ2n) is 6.60. The van der Waals surface area contributed by atoms with Gasteiger partial charge >= 0.3 is 10.4 Å². The maximum absolute atomic E-state index is 12.4. The van der Waals surface area contributed by atoms with Crippen molar-refractivity contribution in [2.45, 2.75) is 9.79 Å². The maximum Gasteiger partial charge on any atom is 0.397 e. The van der Waals surface area contributed by atoms with E-state index in [1.165, 1.54) is 0 Å². The Hall–Kier alpha value is -2.95. The van der Waals surface area contributed by atoms with Gasteiger partial charge in [-0.25, -0.2) is 12.6 Å². The van der Waals surface area contributed by atoms with E-state index >= 15 is 0 Å². The third-order valence-electron chi connectivity index (χ3n) is 4.34. The Labute approximate surface area is 189 Å². The van der Waals surface area contributed by atoms with Gasteiger partial charge in [-0.1, -0.05) is 30.3 Å². The van der Waals surface area contributed by atoms with E-state index in [0.717, 1.165) is 17.5 Å². The van der Waals surface area contributed by atoms with Crippen LogP contribution in [0.2, 0.25) is 0 Å². The predicted molar refractivity (Wildman–Crippen MR) is 118 cm³/mol. The van der Waals surface area contributed by atoms with Crippen LogP contribution in [0.5, 0.6) is 0 Å². The summed E-state index contributed by atoms with van der Waals surface area (Å²) in [6.45, 7) is -0.913. The number of sulfone groups is 1. The highest BCUT2D eigenvalue weighted by molar-refractivity contribution is 7.91. The van der Waals surface area contributed by atoms with Crippen LogP contribution in [-0.4, -0.2) is 46.7 Å². The maximum atomic E-state index is 12.4. The molecule has 3 rings (SSSR count). The summed E-state index contributed by atoms with van der Waals surface area (Å²) >= 11 is 0. The van der Waals surface area contributed by atoms with Gasteiger partial charge in [0, 0.05) is 5.39 Å². The van der Waals surface area contributed by atoms with Crippen LogP contribution in [0.15, 0.2) is 74.6 Å². The van der Waals surface area contributed by atoms with Gasteiger partial charge in [0.05, 0.1) is 22.9 Å². The second kappa shape index (κ2) is 9.12. The van der Waals surface area contributed by atoms with Crippen LogP contribution in [0.4, 0.5) is 17.1 Å². The summed E-state index contributed by atoms with van der Waals surface area (Å²) in [7, 11) is -14.0. The van der Waals surface area contributed by atoms with Crippen molar-refractivity contribution in [1.82, 2.24) is 0 Å². The van der Waals surface area contributed by atoms with Gasteiger partial charge in [-0.3, -0.25) is 9.11 Å². The zero-order valence-corrected chi connectivity index (χ0v) is 19.0. The molecule has 0 saturated carbocycles. The summed E-state index contributed by atoms with van der Waals surface area (Å²) in [5.74, 6) is -0.898. The van der Waals surface area contributed by atoms with E-state index in [9.17, 15) is 29.8 Å². The van der Waals surface area contributed by atoms with E-state index in [1.54, 1.807) is 30.3 Å². The number of benzene rings is 3. The molecule has 3 aromatic carbocycles. The molecule has 0 aliphatic carbocycles. The number of anilines is 1. The van der Waals surface area contributed by atoms with Gasteiger partial charge in [0.2, 0.25) is 0 Å². The first-order valence-corrected chi connectivity index (χ1v) is 13.4. The number of nitrogens with two attached hydrogens (primary N) is 1. The average molecular weight is 516 g/mol. The van der Waals surface area contributed by atoms with Crippen molar-refractivity contribution < 1.29 is 38.5 Å². The first-order valence-electron chi connectivity index (χ1n) is 8.93. The minimum Gasteiger partial charge on any atom is -0.397 e. The molecule has 0 bridgehead atoms. The standard InChI is InChI=1S/C18H17N3O9S3/c19-15-7-5-12-3-1-2-4-14(12)18(15)21-20-16-8-6-13(11-17(16)32(24,25)26)31(22,23)10-9-30-33(27,28)29/h1-8,11H,9-10,19H2,(H,24,25,26)(H,27,28,29)/b21-20+. The largest absolute Gasteiger partial charge is 0.397 e. The van der Waals surface area contributed by atoms with Gasteiger partial charge in [-0.15, -0.1) is 10.2 Å². The minimum absolute atomic E-state index is 0.244. The number of azo groups is 1. The molecular formula is C18H17N3O9S3. The first-order chi connectivity index (χ1) is 15.3. The normalized spacial score (nSPS) is 13.0. The smallest absolute Gasteiger partial charge is 0.397 e. The molecule has 176 valence electrons. The molecule has 12 nitrogen and oxygen atoms in total. The van der Waals surface area contributed by atoms with E-state index in [-0.39, 0.29) is 17.1 Å². The second-order valence-corrected chi connectivity index (χ2v) is 11.2. The molecular weight excluding hydrogens is 498 g/mol. The molecule has 0 amide bonds. The van der Waals surface area contributed by atoms with E-state index in [2.05, 4.69) is 14.4 Å². The van der Waals surface area contributed by atoms with Crippen LogP contribution in [0.25, 0.3) is 10.8 Å². The lowest BCUT2D eigenvalue weighted by Crippen LogP contribution is -2.16. The molecule has 0 aliphatic rings. The van der Waals surface area contributed by atoms with Crippen LogP contribution < -0.4 is 5.73 Å². The van der Waals surface area contributed by atoms with Crippen molar-refractivity contribution >= 4 is 58.2 Å². The van der Waals surface area contributed by atoms with Gasteiger partial charge in [-0.05, 0) is 29.7 Å². The van der Waals surface area contributed by atoms with Crippen LogP contribution in [0.3, 0.4) is 0 Å². The number of nitrogen functional groups attached to an aromatic ring is 1. The van der Waals surface area contributed by atoms with E-state index in [4.69, 9.17) is 10.3 Å². The number of fused-ring (bicyclic) bond motifs is 1. The van der Waals surface area contributed by atoms with Crippen molar-refractivity contribution in [3.63, 3.8) is 0 Å². The number of hydrogen-bond donors (Lipinski definition) is 3. The molecule has 0 heterocycles. The third-order valence-corrected chi connectivity index (χ3v) is 7.37. The fourth-order valence-electron chi connectivity index (χ4n) is 2.83. The molecule has 0 saturated heterocycles. The van der Waals surface area contributed by atoms with Crippen molar-refractivity contribution in [2.24, 2.45) is 10.2 Å². The summed E-state index contributed by atoms with van der Waals surface area (Å²) in [5, 5.41) is 9.28. The Morgan fingerprint density at radius 2 is 1.58 bits per heavy atom. The van der Waals surface area contributed by atoms with Gasteiger partial charge in [0.25, 0.3) is 10.1 Å². The van der Waals surface area contributed by atoms with Gasteiger partial charge in [0.1, 0.15) is 16.3 Å². The summed E-state index contributed by atoms with van der Waals surface area (Å²) in [6, 6.07) is 13.1. The summed E-state index contributed by atoms with van der Waals surface area (Å²) < 4.78 is 91.7. The monoisotopic (exact) mass is 515 g/mol. The Morgan fingerprint density at radius 3 is 2.24 bits per heavy atom. The highest BCUT2D eigenvalue weighted by atomic mass is 32.3. The minimum atomic E-state index is -4.93. The van der Waals surface area contributed by atoms with Crippen molar-refractivity contribution in [3.05, 3.63) is 54.6 Å². The molecule has 0 atom stereocenters. The lowest BCUT2D eigenvalue weighted by molar-refractivity contribution is 0.284. The Kier molecular flexibility index (Phi) is 6.83. The molecule has 0 spiro atoms. The molecule has 0 aromatic heterocycles. The molecule has 33 heavy (non-hydrogen) atoms. The fourth-order valence-corrected chi connectivity index (χ4v) is 5.07. The fraction of sp³-hybridized carbons (Fsp3) is 0.111. The van der Waals surface area contributed by atoms with E-state index < -0.39 is 52.5 Å². The van der Waals surface area contributed by atoms with E-state index in [1.807, 2.05) is 6.07 Å². The van der Waals surface area contributed by atoms with Gasteiger partial charge < -0.3 is 5.73 Å². The van der Waals surface area contributed by atoms with Gasteiger partial charge in [0.15, 0.2) is 9.84 Å². The lowest BCUT2D eigenvalue weighted by atomic mass is 10.1. The summed E-state index contributed by atoms with van der Waals surface area (Å²) in [6.07, 6.45) is 0.